The van der Waals surface area contributed by atoms with E-state index < -0.39 is 0 Å². The first kappa shape index (κ1) is 17.0. The summed E-state index contributed by atoms with van der Waals surface area (Å²) in [4.78, 5) is 11.6. The molecule has 0 bridgehead atoms. The Balaban J connectivity index is 2.24. The summed E-state index contributed by atoms with van der Waals surface area (Å²) in [7, 11) is 0. The number of hydrogen-bond acceptors (Lipinski definition) is 4. The molecule has 5 heteroatoms. The number of carbonyl (C=O) groups is 1. The topological polar surface area (TPSA) is 70.1 Å². The van der Waals surface area contributed by atoms with E-state index in [9.17, 15) is 4.79 Å². The van der Waals surface area contributed by atoms with E-state index in [2.05, 4.69) is 13.8 Å². The fraction of sp³-hybridized carbons (Fsp3) is 0.765. The highest BCUT2D eigenvalue weighted by atomic mass is 16.5. The number of carbonyl (C=O) groups excluding carboxylic acids is 1. The van der Waals surface area contributed by atoms with Gasteiger partial charge in [-0.1, -0.05) is 13.8 Å². The summed E-state index contributed by atoms with van der Waals surface area (Å²) in [5.41, 5.74) is 9.71. The number of hydrogen-bond donors (Lipinski definition) is 1. The molecule has 0 aliphatic heterocycles. The fourth-order valence-corrected chi connectivity index (χ4v) is 3.43. The van der Waals surface area contributed by atoms with Crippen molar-refractivity contribution in [2.75, 3.05) is 13.2 Å². The molecule has 2 rings (SSSR count). The van der Waals surface area contributed by atoms with Crippen LogP contribution < -0.4 is 5.73 Å². The van der Waals surface area contributed by atoms with E-state index in [4.69, 9.17) is 15.6 Å². The minimum atomic E-state index is -0.146. The van der Waals surface area contributed by atoms with Crippen molar-refractivity contribution in [2.45, 2.75) is 71.3 Å². The maximum atomic E-state index is 11.6. The highest BCUT2D eigenvalue weighted by molar-refractivity contribution is 5.69. The van der Waals surface area contributed by atoms with E-state index >= 15 is 0 Å². The van der Waals surface area contributed by atoms with Gasteiger partial charge < -0.3 is 10.5 Å². The van der Waals surface area contributed by atoms with Gasteiger partial charge in [0, 0.05) is 5.69 Å². The second-order valence-corrected chi connectivity index (χ2v) is 6.34. The van der Waals surface area contributed by atoms with Crippen LogP contribution in [0.2, 0.25) is 0 Å². The molecule has 0 saturated carbocycles. The fourth-order valence-electron chi connectivity index (χ4n) is 3.43. The van der Waals surface area contributed by atoms with Crippen LogP contribution in [-0.2, 0) is 22.5 Å². The van der Waals surface area contributed by atoms with Crippen LogP contribution in [0.15, 0.2) is 0 Å². The van der Waals surface area contributed by atoms with E-state index in [1.54, 1.807) is 0 Å². The van der Waals surface area contributed by atoms with Gasteiger partial charge in [-0.2, -0.15) is 5.10 Å². The average molecular weight is 307 g/mol. The second-order valence-electron chi connectivity index (χ2n) is 6.34. The highest BCUT2D eigenvalue weighted by Gasteiger charge is 2.29. The maximum absolute atomic E-state index is 11.6. The lowest BCUT2D eigenvalue weighted by atomic mass is 9.81. The molecule has 1 unspecified atom stereocenters. The molecule has 1 aliphatic carbocycles. The molecule has 22 heavy (non-hydrogen) atoms. The summed E-state index contributed by atoms with van der Waals surface area (Å²) < 4.78 is 7.07. The summed E-state index contributed by atoms with van der Waals surface area (Å²) in [5.74, 6) is 0.783. The molecule has 2 N–H and O–H groups in total. The summed E-state index contributed by atoms with van der Waals surface area (Å²) >= 11 is 0. The zero-order chi connectivity index (χ0) is 16.1. The van der Waals surface area contributed by atoms with Gasteiger partial charge in [0.25, 0.3) is 0 Å². The molecular weight excluding hydrogens is 278 g/mol. The van der Waals surface area contributed by atoms with Gasteiger partial charge in [-0.3, -0.25) is 9.48 Å². The summed E-state index contributed by atoms with van der Waals surface area (Å²) in [6.45, 7) is 7.98. The first-order chi connectivity index (χ1) is 10.6. The van der Waals surface area contributed by atoms with Crippen molar-refractivity contribution >= 4 is 5.97 Å². The van der Waals surface area contributed by atoms with Crippen LogP contribution in [0.25, 0.3) is 0 Å². The van der Waals surface area contributed by atoms with E-state index in [1.165, 1.54) is 29.8 Å². The maximum Gasteiger partial charge on any atom is 0.307 e. The summed E-state index contributed by atoms with van der Waals surface area (Å²) in [6, 6.07) is 0. The van der Waals surface area contributed by atoms with Crippen molar-refractivity contribution in [1.29, 1.82) is 0 Å². The number of nitrogens with zero attached hydrogens (tertiary/aromatic N) is 2. The number of rotatable bonds is 7. The minimum Gasteiger partial charge on any atom is -0.466 e. The van der Waals surface area contributed by atoms with Crippen LogP contribution in [0.1, 0.15) is 75.2 Å². The highest BCUT2D eigenvalue weighted by Crippen LogP contribution is 2.38. The first-order valence-electron chi connectivity index (χ1n) is 8.53. The predicted octanol–water partition coefficient (Wildman–Crippen LogP) is 2.73. The standard InChI is InChI=1S/C17H29N3O2/c1-4-22-15(21)9-11-20-14-7-5-6-13(8-10-18)16(14)17(19-20)12(2)3/h12-13H,4-11,18H2,1-3H3. The number of fused-ring (bicyclic) bond motifs is 1. The summed E-state index contributed by atoms with van der Waals surface area (Å²) in [6.07, 6.45) is 4.85. The normalized spacial score (nSPS) is 17.6. The Hall–Kier alpha value is -1.36. The third-order valence-electron chi connectivity index (χ3n) is 4.40. The number of ether oxygens (including phenoxy) is 1. The number of aromatic nitrogens is 2. The Morgan fingerprint density at radius 2 is 2.27 bits per heavy atom. The molecule has 0 aromatic carbocycles. The van der Waals surface area contributed by atoms with Crippen molar-refractivity contribution in [2.24, 2.45) is 5.73 Å². The predicted molar refractivity (Wildman–Crippen MR) is 86.9 cm³/mol. The molecule has 124 valence electrons. The number of esters is 1. The lowest BCUT2D eigenvalue weighted by Gasteiger charge is -2.24. The zero-order valence-corrected chi connectivity index (χ0v) is 14.1. The monoisotopic (exact) mass is 307 g/mol. The van der Waals surface area contributed by atoms with Crippen LogP contribution in [0.3, 0.4) is 0 Å². The van der Waals surface area contributed by atoms with E-state index in [0.717, 1.165) is 19.4 Å². The third-order valence-corrected chi connectivity index (χ3v) is 4.40. The van der Waals surface area contributed by atoms with Gasteiger partial charge in [0.1, 0.15) is 0 Å². The average Bonchev–Trinajstić information content (AvgIpc) is 2.86. The van der Waals surface area contributed by atoms with Gasteiger partial charge in [0.2, 0.25) is 0 Å². The Bertz CT molecular complexity index is 508. The molecule has 1 atom stereocenters. The molecule has 5 nitrogen and oxygen atoms in total. The Morgan fingerprint density at radius 3 is 2.91 bits per heavy atom. The van der Waals surface area contributed by atoms with Crippen LogP contribution in [-0.4, -0.2) is 28.9 Å². The Morgan fingerprint density at radius 1 is 1.50 bits per heavy atom. The second kappa shape index (κ2) is 7.77. The molecule has 1 aromatic heterocycles. The lowest BCUT2D eigenvalue weighted by molar-refractivity contribution is -0.143. The van der Waals surface area contributed by atoms with E-state index in [0.29, 0.717) is 31.4 Å². The molecule has 0 amide bonds. The minimum absolute atomic E-state index is 0.146. The van der Waals surface area contributed by atoms with Crippen LogP contribution in [0.5, 0.6) is 0 Å². The van der Waals surface area contributed by atoms with Crippen molar-refractivity contribution in [3.63, 3.8) is 0 Å². The van der Waals surface area contributed by atoms with Gasteiger partial charge in [0.15, 0.2) is 0 Å². The summed E-state index contributed by atoms with van der Waals surface area (Å²) in [5, 5.41) is 4.82. The van der Waals surface area contributed by atoms with Crippen molar-refractivity contribution in [1.82, 2.24) is 9.78 Å². The van der Waals surface area contributed by atoms with Gasteiger partial charge in [0.05, 0.1) is 25.3 Å². The number of aryl methyl sites for hydroxylation is 1. The lowest BCUT2D eigenvalue weighted by Crippen LogP contribution is -2.17. The molecule has 1 aliphatic rings. The van der Waals surface area contributed by atoms with Gasteiger partial charge >= 0.3 is 5.97 Å². The first-order valence-corrected chi connectivity index (χ1v) is 8.53. The smallest absolute Gasteiger partial charge is 0.307 e. The SMILES string of the molecule is CCOC(=O)CCn1nc(C(C)C)c2c1CCCC2CCN. The molecule has 1 aromatic rings. The molecule has 0 saturated heterocycles. The molecule has 0 spiro atoms. The largest absolute Gasteiger partial charge is 0.466 e. The zero-order valence-electron chi connectivity index (χ0n) is 14.1. The number of nitrogens with two attached hydrogens (primary N) is 1. The van der Waals surface area contributed by atoms with Gasteiger partial charge in [-0.05, 0) is 56.6 Å². The van der Waals surface area contributed by atoms with Crippen molar-refractivity contribution < 1.29 is 9.53 Å². The van der Waals surface area contributed by atoms with Gasteiger partial charge in [-0.15, -0.1) is 0 Å². The molecular formula is C17H29N3O2. The molecule has 0 fully saturated rings. The van der Waals surface area contributed by atoms with Crippen LogP contribution >= 0.6 is 0 Å². The van der Waals surface area contributed by atoms with E-state index in [-0.39, 0.29) is 5.97 Å². The van der Waals surface area contributed by atoms with Crippen molar-refractivity contribution in [3.05, 3.63) is 17.0 Å². The Kier molecular flexibility index (Phi) is 6.00. The van der Waals surface area contributed by atoms with E-state index in [1.807, 2.05) is 11.6 Å². The van der Waals surface area contributed by atoms with Gasteiger partial charge in [-0.25, -0.2) is 0 Å². The Labute approximate surface area is 133 Å². The van der Waals surface area contributed by atoms with Crippen LogP contribution in [0.4, 0.5) is 0 Å². The van der Waals surface area contributed by atoms with Crippen LogP contribution in [0, 0.1) is 0 Å². The molecule has 1 heterocycles. The third kappa shape index (κ3) is 3.69. The molecule has 0 radical (unpaired) electrons. The quantitative estimate of drug-likeness (QED) is 0.786. The van der Waals surface area contributed by atoms with Crippen molar-refractivity contribution in [3.8, 4) is 0 Å².